The lowest BCUT2D eigenvalue weighted by Crippen LogP contribution is -2.51. The van der Waals surface area contributed by atoms with Crippen molar-refractivity contribution in [3.05, 3.63) is 94.7 Å². The molecule has 5 heterocycles. The van der Waals surface area contributed by atoms with Crippen molar-refractivity contribution in [3.8, 4) is 6.01 Å². The number of ether oxygens (including phenoxy) is 1. The molecule has 3 aliphatic heterocycles. The lowest BCUT2D eigenvalue weighted by atomic mass is 10.0. The molecule has 2 aromatic heterocycles. The molecule has 13 nitrogen and oxygen atoms in total. The van der Waals surface area contributed by atoms with Gasteiger partial charge in [-0.05, 0) is 74.6 Å². The third-order valence-corrected chi connectivity index (χ3v) is 12.7. The highest BCUT2D eigenvalue weighted by molar-refractivity contribution is 7.89. The number of likely N-dealkylation sites (N-methyl/N-ethyl adjacent to an activating group) is 1. The molecule has 0 saturated carbocycles. The molecule has 2 atom stereocenters. The number of rotatable bonds is 8. The average molecular weight is 810 g/mol. The van der Waals surface area contributed by atoms with E-state index in [0.717, 1.165) is 65.6 Å². The van der Waals surface area contributed by atoms with Gasteiger partial charge in [-0.25, -0.2) is 4.98 Å². The lowest BCUT2D eigenvalue weighted by molar-refractivity contribution is -0.137. The molecule has 3 aromatic carbocycles. The van der Waals surface area contributed by atoms with Crippen LogP contribution in [0.5, 0.6) is 6.01 Å². The van der Waals surface area contributed by atoms with Gasteiger partial charge in [-0.2, -0.15) is 31.6 Å². The third kappa shape index (κ3) is 7.23. The average Bonchev–Trinajstić information content (AvgIpc) is 3.86. The molecule has 56 heavy (non-hydrogen) atoms. The van der Waals surface area contributed by atoms with Crippen LogP contribution in [0.15, 0.2) is 71.9 Å². The van der Waals surface area contributed by atoms with E-state index in [2.05, 4.69) is 26.9 Å². The molecule has 8 rings (SSSR count). The number of benzene rings is 3. The number of hydrogen-bond acceptors (Lipinski definition) is 11. The Morgan fingerprint density at radius 3 is 2.48 bits per heavy atom. The number of aromatic nitrogens is 5. The van der Waals surface area contributed by atoms with Crippen molar-refractivity contribution in [2.24, 2.45) is 0 Å². The van der Waals surface area contributed by atoms with Crippen LogP contribution >= 0.6 is 11.6 Å². The lowest BCUT2D eigenvalue weighted by Gasteiger charge is -2.42. The van der Waals surface area contributed by atoms with Crippen molar-refractivity contribution in [2.75, 3.05) is 56.2 Å². The van der Waals surface area contributed by atoms with Crippen molar-refractivity contribution in [1.29, 1.82) is 0 Å². The molecule has 3 aliphatic rings. The van der Waals surface area contributed by atoms with Crippen LogP contribution in [-0.2, 0) is 34.0 Å². The van der Waals surface area contributed by atoms with E-state index >= 15 is 0 Å². The molecule has 0 spiro atoms. The number of anilines is 2. The summed E-state index contributed by atoms with van der Waals surface area (Å²) in [4.78, 5) is 34.8. The minimum Gasteiger partial charge on any atom is -0.462 e. The van der Waals surface area contributed by atoms with Gasteiger partial charge in [0, 0.05) is 55.8 Å². The molecule has 2 fully saturated rings. The van der Waals surface area contributed by atoms with E-state index < -0.39 is 27.8 Å². The Labute approximate surface area is 326 Å². The van der Waals surface area contributed by atoms with Crippen molar-refractivity contribution < 1.29 is 31.1 Å². The van der Waals surface area contributed by atoms with Crippen molar-refractivity contribution in [1.82, 2.24) is 33.9 Å². The number of fused-ring (bicyclic) bond motifs is 2. The summed E-state index contributed by atoms with van der Waals surface area (Å²) in [6, 6.07) is 14.8. The van der Waals surface area contributed by atoms with Crippen LogP contribution in [0, 0.1) is 0 Å². The fourth-order valence-electron chi connectivity index (χ4n) is 7.79. The van der Waals surface area contributed by atoms with Crippen LogP contribution < -0.4 is 14.5 Å². The van der Waals surface area contributed by atoms with Gasteiger partial charge in [0.1, 0.15) is 24.8 Å². The minimum atomic E-state index is -4.63. The molecule has 1 amide bonds. The quantitative estimate of drug-likeness (QED) is 0.195. The van der Waals surface area contributed by atoms with Gasteiger partial charge in [-0.3, -0.25) is 4.79 Å². The molecule has 2 saturated heterocycles. The number of piperazine rings is 1. The molecule has 0 bridgehead atoms. The van der Waals surface area contributed by atoms with Gasteiger partial charge in [0.15, 0.2) is 5.82 Å². The third-order valence-electron chi connectivity index (χ3n) is 10.9. The monoisotopic (exact) mass is 809 g/mol. The van der Waals surface area contributed by atoms with E-state index in [1.54, 1.807) is 4.90 Å². The Balaban J connectivity index is 1.17. The summed E-state index contributed by atoms with van der Waals surface area (Å²) < 4.78 is 73.7. The maximum atomic E-state index is 13.6. The predicted octanol–water partition coefficient (Wildman–Crippen LogP) is 5.58. The van der Waals surface area contributed by atoms with E-state index in [0.29, 0.717) is 66.3 Å². The minimum absolute atomic E-state index is 0.0941. The van der Waals surface area contributed by atoms with Gasteiger partial charge in [-0.1, -0.05) is 35.9 Å². The van der Waals surface area contributed by atoms with E-state index in [4.69, 9.17) is 26.3 Å². The van der Waals surface area contributed by atoms with E-state index in [1.165, 1.54) is 6.92 Å². The number of nitrogens with zero attached hydrogens (tertiary/aromatic N) is 9. The van der Waals surface area contributed by atoms with Gasteiger partial charge in [-0.15, -0.1) is 9.19 Å². The predicted molar refractivity (Wildman–Crippen MR) is 203 cm³/mol. The van der Waals surface area contributed by atoms with Crippen LogP contribution in [-0.4, -0.2) is 101 Å². The molecule has 0 aliphatic carbocycles. The van der Waals surface area contributed by atoms with Gasteiger partial charge in [0.2, 0.25) is 5.91 Å². The zero-order valence-corrected chi connectivity index (χ0v) is 32.2. The zero-order valence-electron chi connectivity index (χ0n) is 30.7. The van der Waals surface area contributed by atoms with Gasteiger partial charge >= 0.3 is 12.2 Å². The molecular formula is C38H39ClF3N9O4S. The molecule has 18 heteroatoms. The Hall–Kier alpha value is -5.00. The second-order valence-corrected chi connectivity index (χ2v) is 16.5. The summed E-state index contributed by atoms with van der Waals surface area (Å²) in [5, 5.41) is 6.97. The summed E-state index contributed by atoms with van der Waals surface area (Å²) in [7, 11) is -2.35. The second-order valence-electron chi connectivity index (χ2n) is 14.3. The first-order chi connectivity index (χ1) is 26.8. The fourth-order valence-corrected chi connectivity index (χ4v) is 9.13. The molecule has 294 valence electrons. The number of amides is 1. The highest BCUT2D eigenvalue weighted by Gasteiger charge is 2.38. The van der Waals surface area contributed by atoms with Crippen molar-refractivity contribution >= 4 is 49.8 Å². The smallest absolute Gasteiger partial charge is 0.416 e. The number of carbonyl (C=O) groups is 1. The van der Waals surface area contributed by atoms with E-state index in [9.17, 15) is 26.4 Å². The standard InChI is InChI=1S/C38H39ClF3N9O4S/c1-24(52)48-18-19-50(33(21-48)35-43-23-51(46-35)56(53,54)28-13-11-26(12-14-28)38(40,41)42)36-29-15-17-49(32-10-4-7-25-6-3-9-30(39)34(25)32)20-31(29)44-37(45-36)55-22-27-8-5-16-47(27)2/h3-4,6-7,9-14,23,27,33H,5,8,15-22H2,1-2H3/t27-,33?/m0/s1. The second kappa shape index (κ2) is 14.8. The number of hydrogen-bond donors (Lipinski definition) is 0. The molecule has 0 radical (unpaired) electrons. The fraction of sp³-hybridized carbons (Fsp3) is 0.395. The van der Waals surface area contributed by atoms with Crippen LogP contribution in [0.2, 0.25) is 5.02 Å². The van der Waals surface area contributed by atoms with Crippen molar-refractivity contribution in [3.63, 3.8) is 0 Å². The topological polar surface area (TPSA) is 130 Å². The summed E-state index contributed by atoms with van der Waals surface area (Å²) >= 11 is 6.74. The Bertz CT molecular complexity index is 2390. The molecule has 0 N–H and O–H groups in total. The number of carbonyl (C=O) groups excluding carboxylic acids is 1. The Morgan fingerprint density at radius 1 is 1.00 bits per heavy atom. The van der Waals surface area contributed by atoms with Gasteiger partial charge < -0.3 is 24.3 Å². The molecule has 5 aromatic rings. The first-order valence-corrected chi connectivity index (χ1v) is 20.1. The maximum Gasteiger partial charge on any atom is 0.416 e. The normalized spacial score (nSPS) is 19.4. The van der Waals surface area contributed by atoms with Gasteiger partial charge in [0.25, 0.3) is 10.0 Å². The summed E-state index contributed by atoms with van der Waals surface area (Å²) in [5.74, 6) is 0.498. The molecule has 1 unspecified atom stereocenters. The van der Waals surface area contributed by atoms with Crippen LogP contribution in [0.25, 0.3) is 10.8 Å². The van der Waals surface area contributed by atoms with Crippen LogP contribution in [0.4, 0.5) is 24.7 Å². The number of halogens is 4. The highest BCUT2D eigenvalue weighted by Crippen LogP contribution is 2.39. The summed E-state index contributed by atoms with van der Waals surface area (Å²) in [6.45, 7) is 4.70. The Morgan fingerprint density at radius 2 is 1.77 bits per heavy atom. The maximum absolute atomic E-state index is 13.6. The summed E-state index contributed by atoms with van der Waals surface area (Å²) in [5.41, 5.74) is 1.65. The SMILES string of the molecule is CC(=O)N1CCN(c2nc(OC[C@@H]3CCCN3C)nc3c2CCN(c2cccc4cccc(Cl)c24)C3)C(c2ncn(S(=O)(=O)c3ccc(C(F)(F)F)cc3)n2)C1. The Kier molecular flexibility index (Phi) is 10.0. The number of likely N-dealkylation sites (tertiary alicyclic amines) is 1. The zero-order chi connectivity index (χ0) is 39.4. The van der Waals surface area contributed by atoms with E-state index in [1.807, 2.05) is 41.3 Å². The number of alkyl halides is 3. The highest BCUT2D eigenvalue weighted by atomic mass is 35.5. The largest absolute Gasteiger partial charge is 0.462 e. The van der Waals surface area contributed by atoms with E-state index in [-0.39, 0.29) is 35.2 Å². The van der Waals surface area contributed by atoms with Crippen molar-refractivity contribution in [2.45, 2.75) is 55.9 Å². The molecular weight excluding hydrogens is 771 g/mol. The van der Waals surface area contributed by atoms with Crippen LogP contribution in [0.3, 0.4) is 0 Å². The summed E-state index contributed by atoms with van der Waals surface area (Å²) in [6.07, 6.45) is -0.999. The first-order valence-electron chi connectivity index (χ1n) is 18.3. The van der Waals surface area contributed by atoms with Gasteiger partial charge in [0.05, 0.1) is 27.7 Å². The van der Waals surface area contributed by atoms with Crippen LogP contribution in [0.1, 0.15) is 48.5 Å². The first kappa shape index (κ1) is 37.9.